The van der Waals surface area contributed by atoms with Crippen molar-refractivity contribution in [1.29, 1.82) is 0 Å². The Hall–Kier alpha value is -2.88. The summed E-state index contributed by atoms with van der Waals surface area (Å²) in [6.07, 6.45) is 1.62. The van der Waals surface area contributed by atoms with Crippen molar-refractivity contribution in [3.63, 3.8) is 0 Å². The molecule has 27 heavy (non-hydrogen) atoms. The van der Waals surface area contributed by atoms with Gasteiger partial charge in [0.15, 0.2) is 0 Å². The van der Waals surface area contributed by atoms with Gasteiger partial charge in [0.25, 0.3) is 0 Å². The Morgan fingerprint density at radius 2 is 1.78 bits per heavy atom. The number of nitrogens with two attached hydrogens (primary N) is 1. The number of aromatic nitrogens is 1. The number of para-hydroxylation sites is 1. The Kier molecular flexibility index (Phi) is 4.56. The van der Waals surface area contributed by atoms with E-state index in [1.165, 1.54) is 22.2 Å². The number of amides is 1. The lowest BCUT2D eigenvalue weighted by atomic mass is 9.95. The minimum absolute atomic E-state index is 0.00680. The molecule has 138 valence electrons. The van der Waals surface area contributed by atoms with Crippen LogP contribution < -0.4 is 10.6 Å². The summed E-state index contributed by atoms with van der Waals surface area (Å²) in [7, 11) is 0. The van der Waals surface area contributed by atoms with Crippen molar-refractivity contribution in [2.75, 3.05) is 18.0 Å². The van der Waals surface area contributed by atoms with Crippen LogP contribution in [0, 0.1) is 19.8 Å². The first-order chi connectivity index (χ1) is 13.0. The fourth-order valence-corrected chi connectivity index (χ4v) is 3.91. The van der Waals surface area contributed by atoms with Gasteiger partial charge in [-0.05, 0) is 38.3 Å². The summed E-state index contributed by atoms with van der Waals surface area (Å²) in [6.45, 7) is 5.88. The highest BCUT2D eigenvalue weighted by Gasteiger charge is 2.24. The second-order valence-corrected chi connectivity index (χ2v) is 7.53. The molecule has 4 nitrogen and oxygen atoms in total. The summed E-state index contributed by atoms with van der Waals surface area (Å²) in [6, 6.07) is 17.0. The van der Waals surface area contributed by atoms with Gasteiger partial charge in [-0.25, -0.2) is 4.98 Å². The van der Waals surface area contributed by atoms with Crippen molar-refractivity contribution in [3.05, 3.63) is 59.7 Å². The Morgan fingerprint density at radius 3 is 2.44 bits per heavy atom. The molecule has 2 N–H and O–H groups in total. The van der Waals surface area contributed by atoms with Crippen LogP contribution in [-0.4, -0.2) is 24.0 Å². The van der Waals surface area contributed by atoms with Crippen molar-refractivity contribution in [2.45, 2.75) is 26.7 Å². The van der Waals surface area contributed by atoms with E-state index in [0.29, 0.717) is 0 Å². The quantitative estimate of drug-likeness (QED) is 0.762. The normalized spacial score (nSPS) is 15.3. The van der Waals surface area contributed by atoms with Crippen LogP contribution in [0.1, 0.15) is 24.0 Å². The van der Waals surface area contributed by atoms with Crippen LogP contribution in [0.15, 0.2) is 48.5 Å². The van der Waals surface area contributed by atoms with E-state index in [2.05, 4.69) is 67.3 Å². The molecule has 0 unspecified atom stereocenters. The maximum atomic E-state index is 11.5. The lowest BCUT2D eigenvalue weighted by molar-refractivity contribution is -0.122. The van der Waals surface area contributed by atoms with Crippen molar-refractivity contribution >= 4 is 22.5 Å². The number of primary amides is 1. The Labute approximate surface area is 160 Å². The molecule has 1 aromatic heterocycles. The molecule has 0 atom stereocenters. The molecular formula is C23H25N3O. The van der Waals surface area contributed by atoms with Crippen LogP contribution in [-0.2, 0) is 4.79 Å². The third-order valence-corrected chi connectivity index (χ3v) is 5.60. The molecule has 3 aromatic rings. The summed E-state index contributed by atoms with van der Waals surface area (Å²) in [5.41, 5.74) is 12.3. The minimum Gasteiger partial charge on any atom is -0.371 e. The molecule has 0 radical (unpaired) electrons. The number of piperidine rings is 1. The highest BCUT2D eigenvalue weighted by Crippen LogP contribution is 2.34. The SMILES string of the molecule is Cc1ccc(-c2cc(N3CCC(C(N)=O)CC3)c3cccc(C)c3n2)cc1. The molecule has 2 heterocycles. The largest absolute Gasteiger partial charge is 0.371 e. The Balaban J connectivity index is 1.80. The van der Waals surface area contributed by atoms with Crippen LogP contribution in [0.5, 0.6) is 0 Å². The number of carbonyl (C=O) groups is 1. The average molecular weight is 359 g/mol. The van der Waals surface area contributed by atoms with Crippen LogP contribution in [0.3, 0.4) is 0 Å². The molecule has 4 rings (SSSR count). The molecule has 1 saturated heterocycles. The highest BCUT2D eigenvalue weighted by atomic mass is 16.1. The number of pyridine rings is 1. The summed E-state index contributed by atoms with van der Waals surface area (Å²) in [4.78, 5) is 18.9. The van der Waals surface area contributed by atoms with Gasteiger partial charge in [0.2, 0.25) is 5.91 Å². The number of benzene rings is 2. The smallest absolute Gasteiger partial charge is 0.220 e. The number of fused-ring (bicyclic) bond motifs is 1. The molecule has 1 fully saturated rings. The fraction of sp³-hybridized carbons (Fsp3) is 0.304. The molecule has 1 aliphatic rings. The third-order valence-electron chi connectivity index (χ3n) is 5.60. The minimum atomic E-state index is -0.176. The van der Waals surface area contributed by atoms with Gasteiger partial charge in [-0.3, -0.25) is 4.79 Å². The zero-order valence-electron chi connectivity index (χ0n) is 15.9. The second-order valence-electron chi connectivity index (χ2n) is 7.53. The molecule has 1 aliphatic heterocycles. The van der Waals surface area contributed by atoms with E-state index in [9.17, 15) is 4.79 Å². The maximum absolute atomic E-state index is 11.5. The van der Waals surface area contributed by atoms with Crippen molar-refractivity contribution in [2.24, 2.45) is 11.7 Å². The molecule has 1 amide bonds. The van der Waals surface area contributed by atoms with E-state index in [1.54, 1.807) is 0 Å². The fourth-order valence-electron chi connectivity index (χ4n) is 3.91. The van der Waals surface area contributed by atoms with E-state index < -0.39 is 0 Å². The van der Waals surface area contributed by atoms with Crippen molar-refractivity contribution in [1.82, 2.24) is 4.98 Å². The number of anilines is 1. The lowest BCUT2D eigenvalue weighted by Gasteiger charge is -2.33. The second kappa shape index (κ2) is 7.03. The first-order valence-corrected chi connectivity index (χ1v) is 9.54. The van der Waals surface area contributed by atoms with Crippen LogP contribution >= 0.6 is 0 Å². The monoisotopic (exact) mass is 359 g/mol. The van der Waals surface area contributed by atoms with Crippen LogP contribution in [0.25, 0.3) is 22.2 Å². The molecular weight excluding hydrogens is 334 g/mol. The van der Waals surface area contributed by atoms with Crippen molar-refractivity contribution < 1.29 is 4.79 Å². The molecule has 0 bridgehead atoms. The zero-order valence-corrected chi connectivity index (χ0v) is 15.9. The predicted molar refractivity (Wildman–Crippen MR) is 111 cm³/mol. The topological polar surface area (TPSA) is 59.2 Å². The van der Waals surface area contributed by atoms with Crippen LogP contribution in [0.4, 0.5) is 5.69 Å². The van der Waals surface area contributed by atoms with E-state index in [1.807, 2.05) is 0 Å². The van der Waals surface area contributed by atoms with Gasteiger partial charge in [0, 0.05) is 35.6 Å². The number of nitrogens with zero attached hydrogens (tertiary/aromatic N) is 2. The number of hydrogen-bond donors (Lipinski definition) is 1. The van der Waals surface area contributed by atoms with E-state index >= 15 is 0 Å². The van der Waals surface area contributed by atoms with Gasteiger partial charge >= 0.3 is 0 Å². The van der Waals surface area contributed by atoms with Gasteiger partial charge < -0.3 is 10.6 Å². The predicted octanol–water partition coefficient (Wildman–Crippen LogP) is 4.22. The molecule has 0 aliphatic carbocycles. The van der Waals surface area contributed by atoms with E-state index in [4.69, 9.17) is 10.7 Å². The summed E-state index contributed by atoms with van der Waals surface area (Å²) in [5, 5.41) is 1.17. The number of rotatable bonds is 3. The summed E-state index contributed by atoms with van der Waals surface area (Å²) >= 11 is 0. The Morgan fingerprint density at radius 1 is 1.07 bits per heavy atom. The van der Waals surface area contributed by atoms with Gasteiger partial charge in [0.05, 0.1) is 11.2 Å². The first kappa shape index (κ1) is 17.5. The van der Waals surface area contributed by atoms with Gasteiger partial charge in [-0.1, -0.05) is 48.0 Å². The van der Waals surface area contributed by atoms with Crippen molar-refractivity contribution in [3.8, 4) is 11.3 Å². The molecule has 2 aromatic carbocycles. The lowest BCUT2D eigenvalue weighted by Crippen LogP contribution is -2.38. The highest BCUT2D eigenvalue weighted by molar-refractivity contribution is 5.96. The standard InChI is InChI=1S/C23H25N3O/c1-15-6-8-17(9-7-15)20-14-21(19-5-3-4-16(2)22(19)25-20)26-12-10-18(11-13-26)23(24)27/h3-9,14,18H,10-13H2,1-2H3,(H2,24,27). The Bertz CT molecular complexity index is 986. The number of carbonyl (C=O) groups excluding carboxylic acids is 1. The first-order valence-electron chi connectivity index (χ1n) is 9.54. The number of hydrogen-bond acceptors (Lipinski definition) is 3. The van der Waals surface area contributed by atoms with Crippen LogP contribution in [0.2, 0.25) is 0 Å². The van der Waals surface area contributed by atoms with E-state index in [-0.39, 0.29) is 11.8 Å². The van der Waals surface area contributed by atoms with Gasteiger partial charge in [-0.15, -0.1) is 0 Å². The molecule has 0 saturated carbocycles. The molecule has 0 spiro atoms. The zero-order chi connectivity index (χ0) is 19.0. The van der Waals surface area contributed by atoms with Gasteiger partial charge in [0.1, 0.15) is 0 Å². The third kappa shape index (κ3) is 3.39. The number of aryl methyl sites for hydroxylation is 2. The molecule has 4 heteroatoms. The maximum Gasteiger partial charge on any atom is 0.220 e. The van der Waals surface area contributed by atoms with Gasteiger partial charge in [-0.2, -0.15) is 0 Å². The summed E-state index contributed by atoms with van der Waals surface area (Å²) < 4.78 is 0. The average Bonchev–Trinajstić information content (AvgIpc) is 2.68. The summed E-state index contributed by atoms with van der Waals surface area (Å²) in [5.74, 6) is -0.182. The van der Waals surface area contributed by atoms with E-state index in [0.717, 1.165) is 42.7 Å².